The minimum Gasteiger partial charge on any atom is -0.497 e. The fourth-order valence-electron chi connectivity index (χ4n) is 3.11. The fourth-order valence-corrected chi connectivity index (χ4v) is 4.32. The minimum absolute atomic E-state index is 0.00753. The Bertz CT molecular complexity index is 878. The molecule has 2 aromatic carbocycles. The summed E-state index contributed by atoms with van der Waals surface area (Å²) in [6.45, 7) is 5.63. The van der Waals surface area contributed by atoms with Gasteiger partial charge in [-0.05, 0) is 44.0 Å². The molecule has 0 amide bonds. The van der Waals surface area contributed by atoms with E-state index in [0.717, 1.165) is 16.7 Å². The molecule has 27 heavy (non-hydrogen) atoms. The number of hydrogen-bond donors (Lipinski definition) is 0. The molecule has 1 unspecified atom stereocenters. The van der Waals surface area contributed by atoms with Crippen LogP contribution in [0.2, 0.25) is 0 Å². The van der Waals surface area contributed by atoms with E-state index in [1.54, 1.807) is 18.2 Å². The van der Waals surface area contributed by atoms with Crippen LogP contribution in [0.25, 0.3) is 0 Å². The largest absolute Gasteiger partial charge is 0.497 e. The SMILES string of the molecule is COc1ccc(C(=O)CC[P+](=O)C(=O)c2c(C)cc(C)cc2C)c(OC)c1. The highest BCUT2D eigenvalue weighted by molar-refractivity contribution is 7.64. The lowest BCUT2D eigenvalue weighted by atomic mass is 10.0. The average molecular weight is 387 g/mol. The lowest BCUT2D eigenvalue weighted by Crippen LogP contribution is -2.07. The molecule has 2 aromatic rings. The summed E-state index contributed by atoms with van der Waals surface area (Å²) in [5.74, 6) is 0.754. The summed E-state index contributed by atoms with van der Waals surface area (Å²) < 4.78 is 22.9. The maximum Gasteiger partial charge on any atom is 0.420 e. The number of methoxy groups -OCH3 is 2. The van der Waals surface area contributed by atoms with Gasteiger partial charge in [0, 0.05) is 6.07 Å². The van der Waals surface area contributed by atoms with E-state index in [9.17, 15) is 14.2 Å². The molecular formula is C21H24O5P+. The van der Waals surface area contributed by atoms with Crippen LogP contribution in [0.1, 0.15) is 43.8 Å². The first-order chi connectivity index (χ1) is 12.8. The topological polar surface area (TPSA) is 69.7 Å². The molecule has 0 N–H and O–H groups in total. The van der Waals surface area contributed by atoms with E-state index < -0.39 is 13.3 Å². The van der Waals surface area contributed by atoms with Gasteiger partial charge in [0.05, 0.1) is 31.8 Å². The smallest absolute Gasteiger partial charge is 0.420 e. The molecule has 0 aliphatic rings. The number of aryl methyl sites for hydroxylation is 3. The Balaban J connectivity index is 2.12. The normalized spacial score (nSPS) is 11.1. The Morgan fingerprint density at radius 2 is 1.59 bits per heavy atom. The van der Waals surface area contributed by atoms with E-state index in [1.807, 2.05) is 32.9 Å². The number of hydrogen-bond acceptors (Lipinski definition) is 5. The highest BCUT2D eigenvalue weighted by Gasteiger charge is 2.33. The second-order valence-corrected chi connectivity index (χ2v) is 8.03. The standard InChI is InChI=1S/C21H24O5P/c1-13-10-14(2)20(15(3)11-13)21(23)27(24)9-8-18(22)17-7-6-16(25-4)12-19(17)26-5/h6-7,10-12H,8-9H2,1-5H3/q+1. The van der Waals surface area contributed by atoms with Gasteiger partial charge in [0.15, 0.2) is 11.9 Å². The zero-order valence-corrected chi connectivity index (χ0v) is 17.2. The first-order valence-corrected chi connectivity index (χ1v) is 10.0. The Morgan fingerprint density at radius 1 is 0.963 bits per heavy atom. The Morgan fingerprint density at radius 3 is 2.15 bits per heavy atom. The van der Waals surface area contributed by atoms with E-state index in [2.05, 4.69) is 0 Å². The third-order valence-corrected chi connectivity index (χ3v) is 5.67. The summed E-state index contributed by atoms with van der Waals surface area (Å²) in [5, 5.41) is 0. The van der Waals surface area contributed by atoms with Gasteiger partial charge in [-0.2, -0.15) is 0 Å². The third kappa shape index (κ3) is 4.81. The summed E-state index contributed by atoms with van der Waals surface area (Å²) in [7, 11) is 0.819. The van der Waals surface area contributed by atoms with Crippen LogP contribution < -0.4 is 9.47 Å². The third-order valence-electron chi connectivity index (χ3n) is 4.37. The fraction of sp³-hybridized carbons (Fsp3) is 0.333. The van der Waals surface area contributed by atoms with E-state index in [-0.39, 0.29) is 18.4 Å². The summed E-state index contributed by atoms with van der Waals surface area (Å²) in [6, 6.07) is 8.70. The average Bonchev–Trinajstić information content (AvgIpc) is 2.64. The first-order valence-electron chi connectivity index (χ1n) is 8.60. The van der Waals surface area contributed by atoms with Gasteiger partial charge in [-0.25, -0.2) is 4.79 Å². The van der Waals surface area contributed by atoms with Crippen molar-refractivity contribution in [1.29, 1.82) is 0 Å². The molecule has 0 saturated carbocycles. The second-order valence-electron chi connectivity index (χ2n) is 6.42. The highest BCUT2D eigenvalue weighted by Crippen LogP contribution is 2.33. The number of ketones is 1. The van der Waals surface area contributed by atoms with Gasteiger partial charge in [-0.1, -0.05) is 22.3 Å². The molecule has 0 bridgehead atoms. The number of carbonyl (C=O) groups excluding carboxylic acids is 2. The van der Waals surface area contributed by atoms with Crippen molar-refractivity contribution in [1.82, 2.24) is 0 Å². The van der Waals surface area contributed by atoms with Crippen LogP contribution in [0.4, 0.5) is 0 Å². The summed E-state index contributed by atoms with van der Waals surface area (Å²) >= 11 is 0. The van der Waals surface area contributed by atoms with Gasteiger partial charge in [0.1, 0.15) is 11.5 Å². The molecule has 5 nitrogen and oxygen atoms in total. The van der Waals surface area contributed by atoms with E-state index in [0.29, 0.717) is 22.6 Å². The maximum atomic E-state index is 12.6. The number of carbonyl (C=O) groups is 2. The summed E-state index contributed by atoms with van der Waals surface area (Å²) in [6.07, 6.45) is 0.0164. The van der Waals surface area contributed by atoms with Crippen LogP contribution in [0.3, 0.4) is 0 Å². The van der Waals surface area contributed by atoms with Crippen molar-refractivity contribution in [2.75, 3.05) is 20.4 Å². The number of Topliss-reactive ketones (excluding diaryl/α,β-unsaturated/α-hetero) is 1. The van der Waals surface area contributed by atoms with Crippen molar-refractivity contribution >= 4 is 19.1 Å². The van der Waals surface area contributed by atoms with Crippen molar-refractivity contribution in [3.05, 3.63) is 58.1 Å². The van der Waals surface area contributed by atoms with Gasteiger partial charge in [-0.3, -0.25) is 4.79 Å². The van der Waals surface area contributed by atoms with Gasteiger partial charge in [0.25, 0.3) is 0 Å². The molecular weight excluding hydrogens is 363 g/mol. The van der Waals surface area contributed by atoms with Crippen LogP contribution in [-0.2, 0) is 4.57 Å². The molecule has 142 valence electrons. The monoisotopic (exact) mass is 387 g/mol. The number of benzene rings is 2. The Labute approximate surface area is 160 Å². The molecule has 0 aliphatic carbocycles. The zero-order chi connectivity index (χ0) is 20.1. The van der Waals surface area contributed by atoms with Crippen LogP contribution in [0.5, 0.6) is 11.5 Å². The van der Waals surface area contributed by atoms with Crippen molar-refractivity contribution in [3.8, 4) is 11.5 Å². The van der Waals surface area contributed by atoms with E-state index in [4.69, 9.17) is 9.47 Å². The first kappa shape index (κ1) is 20.8. The molecule has 0 fully saturated rings. The number of ether oxygens (including phenoxy) is 2. The molecule has 0 saturated heterocycles. The maximum absolute atomic E-state index is 12.6. The van der Waals surface area contributed by atoms with E-state index >= 15 is 0 Å². The quantitative estimate of drug-likeness (QED) is 0.477. The van der Waals surface area contributed by atoms with Gasteiger partial charge < -0.3 is 9.47 Å². The molecule has 2 rings (SSSR count). The molecule has 0 heterocycles. The van der Waals surface area contributed by atoms with Crippen LogP contribution in [0, 0.1) is 20.8 Å². The second kappa shape index (κ2) is 8.92. The van der Waals surface area contributed by atoms with Crippen molar-refractivity contribution < 1.29 is 23.6 Å². The van der Waals surface area contributed by atoms with Crippen molar-refractivity contribution in [3.63, 3.8) is 0 Å². The van der Waals surface area contributed by atoms with Crippen molar-refractivity contribution in [2.24, 2.45) is 0 Å². The Kier molecular flexibility index (Phi) is 6.86. The van der Waals surface area contributed by atoms with Gasteiger partial charge >= 0.3 is 13.3 Å². The lowest BCUT2D eigenvalue weighted by molar-refractivity contribution is 0.0986. The highest BCUT2D eigenvalue weighted by atomic mass is 31.1. The Hall–Kier alpha value is -2.52. The van der Waals surface area contributed by atoms with Crippen LogP contribution in [-0.4, -0.2) is 31.7 Å². The molecule has 0 radical (unpaired) electrons. The molecule has 6 heteroatoms. The zero-order valence-electron chi connectivity index (χ0n) is 16.3. The minimum atomic E-state index is -2.18. The molecule has 0 spiro atoms. The lowest BCUT2D eigenvalue weighted by Gasteiger charge is -2.08. The van der Waals surface area contributed by atoms with Crippen LogP contribution in [0.15, 0.2) is 30.3 Å². The van der Waals surface area contributed by atoms with Gasteiger partial charge in [-0.15, -0.1) is 0 Å². The van der Waals surface area contributed by atoms with Crippen molar-refractivity contribution in [2.45, 2.75) is 27.2 Å². The summed E-state index contributed by atoms with van der Waals surface area (Å²) in [5.41, 5.74) is 3.16. The summed E-state index contributed by atoms with van der Waals surface area (Å²) in [4.78, 5) is 25.1. The van der Waals surface area contributed by atoms with Crippen LogP contribution >= 0.6 is 7.80 Å². The molecule has 1 atom stereocenters. The predicted octanol–water partition coefficient (Wildman–Crippen LogP) is 4.87. The van der Waals surface area contributed by atoms with Gasteiger partial charge in [0.2, 0.25) is 0 Å². The predicted molar refractivity (Wildman–Crippen MR) is 106 cm³/mol. The molecule has 0 aliphatic heterocycles. The van der Waals surface area contributed by atoms with E-state index in [1.165, 1.54) is 14.2 Å². The number of rotatable bonds is 8. The molecule has 0 aromatic heterocycles.